The van der Waals surface area contributed by atoms with E-state index in [9.17, 15) is 19.2 Å². The summed E-state index contributed by atoms with van der Waals surface area (Å²) in [5.41, 5.74) is 2.94. The van der Waals surface area contributed by atoms with E-state index in [1.807, 2.05) is 66.7 Å². The number of unbranched alkanes of at least 4 members (excludes halogenated alkanes) is 4. The van der Waals surface area contributed by atoms with E-state index in [2.05, 4.69) is 38.4 Å². The molecular formula is C54H77ClN8O13. The molecule has 0 spiro atoms. The highest BCUT2D eigenvalue weighted by Crippen LogP contribution is 2.32. The van der Waals surface area contributed by atoms with Crippen LogP contribution in [0.3, 0.4) is 0 Å². The van der Waals surface area contributed by atoms with Gasteiger partial charge in [-0.3, -0.25) is 10.2 Å². The number of hydrogen-bond donors (Lipinski definition) is 5. The average molecular weight is 1080 g/mol. The summed E-state index contributed by atoms with van der Waals surface area (Å²) in [6.07, 6.45) is 8.25. The second kappa shape index (κ2) is 37.5. The topological polar surface area (TPSA) is 233 Å². The van der Waals surface area contributed by atoms with Crippen LogP contribution in [0, 0.1) is 0 Å². The molecule has 0 aliphatic carbocycles. The fourth-order valence-electron chi connectivity index (χ4n) is 7.53. The summed E-state index contributed by atoms with van der Waals surface area (Å²) in [7, 11) is 0. The summed E-state index contributed by atoms with van der Waals surface area (Å²) >= 11 is 5.66. The monoisotopic (exact) mass is 1080 g/mol. The minimum atomic E-state index is -0.634. The van der Waals surface area contributed by atoms with Crippen LogP contribution in [-0.2, 0) is 50.9 Å². The molecule has 76 heavy (non-hydrogen) atoms. The number of hydrogen-bond acceptors (Lipinski definition) is 15. The van der Waals surface area contributed by atoms with Crippen LogP contribution in [0.5, 0.6) is 5.75 Å². The zero-order valence-corrected chi connectivity index (χ0v) is 44.6. The van der Waals surface area contributed by atoms with E-state index < -0.39 is 24.3 Å². The van der Waals surface area contributed by atoms with E-state index in [-0.39, 0.29) is 59.3 Å². The standard InChI is InChI=1S/C54H77ClN8O13/c1-2-3-14-44-41-50(60-51(64)59-48-18-19-49(47-17-7-6-16-46(47)48)73-33-25-62-23-31-71-32-24-62)63(61-44)45-15-12-13-43(40-45)42-58-54(67)75-28-11-10-27-74-52(65)56-21-29-70-36-37-72-38-39-76-53(66)57-22-30-69-35-34-68-26-9-5-4-8-20-55/h6-7,10-13,15-19,40-41H,2-5,8-9,14,20-39,42H2,1H3,(H,56,65)(H,57,66)(H,58,67)(H2,59,60,64)/b11-10-. The number of amides is 5. The molecule has 0 unspecified atom stereocenters. The number of aromatic nitrogens is 2. The molecule has 1 fully saturated rings. The second-order valence-electron chi connectivity index (χ2n) is 17.3. The largest absolute Gasteiger partial charge is 0.492 e. The lowest BCUT2D eigenvalue weighted by Crippen LogP contribution is -2.38. The number of carbonyl (C=O) groups is 4. The van der Waals surface area contributed by atoms with Crippen molar-refractivity contribution in [3.63, 3.8) is 0 Å². The van der Waals surface area contributed by atoms with Crippen molar-refractivity contribution in [2.24, 2.45) is 0 Å². The molecule has 1 aliphatic heterocycles. The highest BCUT2D eigenvalue weighted by molar-refractivity contribution is 6.17. The molecule has 3 aromatic carbocycles. The first-order valence-electron chi connectivity index (χ1n) is 26.3. The van der Waals surface area contributed by atoms with Gasteiger partial charge in [0.05, 0.1) is 76.5 Å². The number of nitrogens with one attached hydrogen (secondary N) is 5. The van der Waals surface area contributed by atoms with E-state index in [1.165, 1.54) is 0 Å². The molecule has 4 aromatic rings. The van der Waals surface area contributed by atoms with Gasteiger partial charge in [0, 0.05) is 68.6 Å². The summed E-state index contributed by atoms with van der Waals surface area (Å²) < 4.78 is 50.5. The van der Waals surface area contributed by atoms with E-state index >= 15 is 0 Å². The van der Waals surface area contributed by atoms with Crippen molar-refractivity contribution in [2.45, 2.75) is 58.4 Å². The molecule has 0 saturated carbocycles. The molecule has 2 heterocycles. The van der Waals surface area contributed by atoms with E-state index in [1.54, 1.807) is 16.8 Å². The first-order valence-corrected chi connectivity index (χ1v) is 26.8. The molecule has 0 bridgehead atoms. The van der Waals surface area contributed by atoms with Crippen molar-refractivity contribution >= 4 is 58.2 Å². The van der Waals surface area contributed by atoms with Gasteiger partial charge in [-0.2, -0.15) is 5.10 Å². The Bertz CT molecular complexity index is 2330. The Morgan fingerprint density at radius 3 is 2.04 bits per heavy atom. The summed E-state index contributed by atoms with van der Waals surface area (Å²) in [5.74, 6) is 1.94. The number of morpholine rings is 1. The van der Waals surface area contributed by atoms with Crippen molar-refractivity contribution < 1.29 is 61.8 Å². The number of alkyl halides is 1. The summed E-state index contributed by atoms with van der Waals surface area (Å²) in [5, 5.41) is 20.5. The third-order valence-corrected chi connectivity index (χ3v) is 11.7. The molecule has 1 aromatic heterocycles. The van der Waals surface area contributed by atoms with Gasteiger partial charge in [-0.15, -0.1) is 11.6 Å². The van der Waals surface area contributed by atoms with Crippen LogP contribution < -0.4 is 31.3 Å². The fourth-order valence-corrected chi connectivity index (χ4v) is 7.72. The number of fused-ring (bicyclic) bond motifs is 1. The van der Waals surface area contributed by atoms with Crippen LogP contribution in [0.2, 0.25) is 0 Å². The number of urea groups is 1. The zero-order chi connectivity index (χ0) is 53.7. The minimum absolute atomic E-state index is 0.0276. The number of nitrogens with zero attached hydrogens (tertiary/aromatic N) is 3. The first-order chi connectivity index (χ1) is 37.3. The Kier molecular flexibility index (Phi) is 30.0. The quantitative estimate of drug-likeness (QED) is 0.0125. The van der Waals surface area contributed by atoms with Crippen molar-refractivity contribution in [1.82, 2.24) is 30.6 Å². The summed E-state index contributed by atoms with van der Waals surface area (Å²) in [6.45, 7) is 10.5. The normalized spacial score (nSPS) is 12.6. The Morgan fingerprint density at radius 2 is 1.32 bits per heavy atom. The number of alkyl carbamates (subject to hydrolysis) is 3. The van der Waals surface area contributed by atoms with Crippen molar-refractivity contribution in [3.05, 3.63) is 90.1 Å². The zero-order valence-electron chi connectivity index (χ0n) is 43.8. The van der Waals surface area contributed by atoms with Crippen molar-refractivity contribution in [3.8, 4) is 11.4 Å². The molecule has 22 heteroatoms. The molecule has 0 atom stereocenters. The molecule has 5 amide bonds. The highest BCUT2D eigenvalue weighted by Gasteiger charge is 2.17. The van der Waals surface area contributed by atoms with Gasteiger partial charge in [0.15, 0.2) is 0 Å². The Hall–Kier alpha value is -6.20. The Labute approximate surface area is 450 Å². The fraction of sp³-hybridized carbons (Fsp3) is 0.537. The minimum Gasteiger partial charge on any atom is -0.492 e. The lowest BCUT2D eigenvalue weighted by atomic mass is 10.1. The Balaban J connectivity index is 0.906. The van der Waals surface area contributed by atoms with Crippen LogP contribution in [0.1, 0.15) is 56.7 Å². The summed E-state index contributed by atoms with van der Waals surface area (Å²) in [6, 6.07) is 20.5. The van der Waals surface area contributed by atoms with Crippen molar-refractivity contribution in [2.75, 3.05) is 142 Å². The molecular weight excluding hydrogens is 1000 g/mol. The highest BCUT2D eigenvalue weighted by atomic mass is 35.5. The van der Waals surface area contributed by atoms with Crippen molar-refractivity contribution in [1.29, 1.82) is 0 Å². The number of carbonyl (C=O) groups excluding carboxylic acids is 4. The first kappa shape index (κ1) is 60.7. The van der Waals surface area contributed by atoms with Crippen LogP contribution in [0.4, 0.5) is 30.7 Å². The molecule has 1 aliphatic rings. The molecule has 0 radical (unpaired) electrons. The number of anilines is 2. The van der Waals surface area contributed by atoms with Crippen LogP contribution in [-0.4, -0.2) is 170 Å². The van der Waals surface area contributed by atoms with Gasteiger partial charge in [-0.05, 0) is 67.7 Å². The molecule has 418 valence electrons. The molecule has 1 saturated heterocycles. The van der Waals surface area contributed by atoms with Gasteiger partial charge < -0.3 is 63.9 Å². The summed E-state index contributed by atoms with van der Waals surface area (Å²) in [4.78, 5) is 52.3. The molecule has 21 nitrogen and oxygen atoms in total. The van der Waals surface area contributed by atoms with Crippen LogP contribution in [0.25, 0.3) is 16.5 Å². The number of benzene rings is 3. The third-order valence-electron chi connectivity index (χ3n) is 11.5. The number of rotatable bonds is 37. The van der Waals surface area contributed by atoms with E-state index in [0.29, 0.717) is 62.7 Å². The smallest absolute Gasteiger partial charge is 0.407 e. The lowest BCUT2D eigenvalue weighted by molar-refractivity contribution is 0.0276. The molecule has 5 N–H and O–H groups in total. The van der Waals surface area contributed by atoms with Gasteiger partial charge in [0.2, 0.25) is 0 Å². The predicted octanol–water partition coefficient (Wildman–Crippen LogP) is 7.82. The van der Waals surface area contributed by atoms with Gasteiger partial charge >= 0.3 is 24.3 Å². The number of halogens is 1. The van der Waals surface area contributed by atoms with Gasteiger partial charge in [-0.1, -0.05) is 62.6 Å². The maximum absolute atomic E-state index is 13.6. The SMILES string of the molecule is CCCCc1cc(NC(=O)Nc2ccc(OCCN3CCOCC3)c3ccccc23)n(-c2cccc(CNC(=O)OC/C=C\COC(=O)NCCOCCOCCOC(=O)NCCOCCOCCCCCCCl)c2)n1. The predicted molar refractivity (Wildman–Crippen MR) is 290 cm³/mol. The third kappa shape index (κ3) is 24.6. The van der Waals surface area contributed by atoms with E-state index in [0.717, 1.165) is 106 Å². The maximum Gasteiger partial charge on any atom is 0.407 e. The van der Waals surface area contributed by atoms with Gasteiger partial charge in [-0.25, -0.2) is 23.9 Å². The second-order valence-corrected chi connectivity index (χ2v) is 17.7. The maximum atomic E-state index is 13.6. The van der Waals surface area contributed by atoms with Crippen LogP contribution in [0.15, 0.2) is 78.9 Å². The van der Waals surface area contributed by atoms with Gasteiger partial charge in [0.1, 0.15) is 38.0 Å². The van der Waals surface area contributed by atoms with E-state index in [4.69, 9.17) is 59.3 Å². The molecule has 5 rings (SSSR count). The van der Waals surface area contributed by atoms with Crippen LogP contribution >= 0.6 is 11.6 Å². The number of ether oxygens (including phenoxy) is 9. The Morgan fingerprint density at radius 1 is 0.658 bits per heavy atom. The average Bonchev–Trinajstić information content (AvgIpc) is 3.84. The number of aryl methyl sites for hydroxylation is 1. The van der Waals surface area contributed by atoms with Gasteiger partial charge in [0.25, 0.3) is 0 Å². The lowest BCUT2D eigenvalue weighted by Gasteiger charge is -2.26.